The van der Waals surface area contributed by atoms with Gasteiger partial charge in [0.25, 0.3) is 0 Å². The van der Waals surface area contributed by atoms with E-state index in [2.05, 4.69) is 0 Å². The van der Waals surface area contributed by atoms with Crippen LogP contribution >= 0.6 is 11.6 Å². The number of hydrogen-bond acceptors (Lipinski definition) is 3. The number of carbonyl (C=O) groups is 1. The third-order valence-electron chi connectivity index (χ3n) is 3.33. The SMILES string of the molecule is COC(CCc1ccc(Cl)cc1)CC(=O)NO.Fc1cccc(F)c1. The minimum absolute atomic E-state index is 0.153. The van der Waals surface area contributed by atoms with Gasteiger partial charge in [0.1, 0.15) is 11.6 Å². The van der Waals surface area contributed by atoms with Crippen molar-refractivity contribution in [1.29, 1.82) is 0 Å². The normalized spacial score (nSPS) is 11.2. The van der Waals surface area contributed by atoms with Crippen molar-refractivity contribution in [2.45, 2.75) is 25.4 Å². The van der Waals surface area contributed by atoms with E-state index < -0.39 is 17.5 Å². The Hall–Kier alpha value is -2.02. The van der Waals surface area contributed by atoms with Gasteiger partial charge >= 0.3 is 0 Å². The molecule has 2 rings (SSSR count). The molecule has 0 aromatic heterocycles. The average molecular weight is 372 g/mol. The van der Waals surface area contributed by atoms with Crippen molar-refractivity contribution in [1.82, 2.24) is 5.48 Å². The fraction of sp³-hybridized carbons (Fsp3) is 0.278. The molecule has 1 unspecified atom stereocenters. The van der Waals surface area contributed by atoms with Gasteiger partial charge in [-0.15, -0.1) is 0 Å². The molecule has 136 valence electrons. The second-order valence-electron chi connectivity index (χ2n) is 5.20. The Kier molecular flexibility index (Phi) is 9.69. The second kappa shape index (κ2) is 11.5. The number of methoxy groups -OCH3 is 1. The molecule has 2 N–H and O–H groups in total. The zero-order chi connectivity index (χ0) is 18.7. The van der Waals surface area contributed by atoms with Crippen LogP contribution in [0.4, 0.5) is 8.78 Å². The molecular formula is C18H20ClF2NO3. The summed E-state index contributed by atoms with van der Waals surface area (Å²) in [5.74, 6) is -1.51. The van der Waals surface area contributed by atoms with E-state index in [1.165, 1.54) is 18.2 Å². The molecule has 7 heteroatoms. The first-order valence-electron chi connectivity index (χ1n) is 7.55. The molecule has 0 aliphatic carbocycles. The Morgan fingerprint density at radius 2 is 1.80 bits per heavy atom. The molecule has 0 heterocycles. The lowest BCUT2D eigenvalue weighted by Gasteiger charge is -2.13. The number of nitrogens with one attached hydrogen (secondary N) is 1. The molecule has 2 aromatic carbocycles. The Bertz CT molecular complexity index is 636. The molecule has 0 saturated heterocycles. The maximum atomic E-state index is 11.9. The van der Waals surface area contributed by atoms with E-state index in [1.807, 2.05) is 24.3 Å². The lowest BCUT2D eigenvalue weighted by atomic mass is 10.0. The molecule has 25 heavy (non-hydrogen) atoms. The molecule has 1 atom stereocenters. The highest BCUT2D eigenvalue weighted by Crippen LogP contribution is 2.13. The maximum Gasteiger partial charge on any atom is 0.245 e. The van der Waals surface area contributed by atoms with Crippen LogP contribution in [0, 0.1) is 11.6 Å². The number of benzene rings is 2. The van der Waals surface area contributed by atoms with Crippen molar-refractivity contribution in [3.63, 3.8) is 0 Å². The first kappa shape index (κ1) is 21.0. The van der Waals surface area contributed by atoms with E-state index >= 15 is 0 Å². The number of hydrogen-bond donors (Lipinski definition) is 2. The van der Waals surface area contributed by atoms with Crippen LogP contribution in [-0.2, 0) is 16.0 Å². The summed E-state index contributed by atoms with van der Waals surface area (Å²) in [7, 11) is 1.55. The fourth-order valence-corrected chi connectivity index (χ4v) is 2.12. The summed E-state index contributed by atoms with van der Waals surface area (Å²) in [6.07, 6.45) is 1.47. The van der Waals surface area contributed by atoms with Crippen molar-refractivity contribution in [2.75, 3.05) is 7.11 Å². The zero-order valence-electron chi connectivity index (χ0n) is 13.7. The van der Waals surface area contributed by atoms with Gasteiger partial charge in [-0.1, -0.05) is 29.8 Å². The maximum absolute atomic E-state index is 11.9. The molecule has 2 aromatic rings. The molecule has 0 bridgehead atoms. The summed E-state index contributed by atoms with van der Waals surface area (Å²) in [5.41, 5.74) is 2.74. The number of aryl methyl sites for hydroxylation is 1. The van der Waals surface area contributed by atoms with Crippen LogP contribution in [0.2, 0.25) is 5.02 Å². The van der Waals surface area contributed by atoms with Gasteiger partial charge < -0.3 is 4.74 Å². The molecule has 0 spiro atoms. The highest BCUT2D eigenvalue weighted by atomic mass is 35.5. The minimum Gasteiger partial charge on any atom is -0.381 e. The van der Waals surface area contributed by atoms with Gasteiger partial charge in [-0.3, -0.25) is 10.0 Å². The zero-order valence-corrected chi connectivity index (χ0v) is 14.5. The van der Waals surface area contributed by atoms with E-state index in [0.29, 0.717) is 11.4 Å². The summed E-state index contributed by atoms with van der Waals surface area (Å²) in [6, 6.07) is 12.1. The Labute approximate surface area is 150 Å². The summed E-state index contributed by atoms with van der Waals surface area (Å²) in [5, 5.41) is 9.13. The van der Waals surface area contributed by atoms with Crippen LogP contribution in [0.5, 0.6) is 0 Å². The van der Waals surface area contributed by atoms with Crippen LogP contribution in [-0.4, -0.2) is 24.3 Å². The van der Waals surface area contributed by atoms with Crippen LogP contribution in [0.1, 0.15) is 18.4 Å². The third-order valence-corrected chi connectivity index (χ3v) is 3.58. The van der Waals surface area contributed by atoms with Crippen LogP contribution < -0.4 is 5.48 Å². The highest BCUT2D eigenvalue weighted by molar-refractivity contribution is 6.30. The van der Waals surface area contributed by atoms with Gasteiger partial charge in [-0.25, -0.2) is 14.3 Å². The van der Waals surface area contributed by atoms with Crippen LogP contribution in [0.3, 0.4) is 0 Å². The van der Waals surface area contributed by atoms with E-state index in [4.69, 9.17) is 21.5 Å². The number of hydroxylamine groups is 1. The van der Waals surface area contributed by atoms with E-state index in [1.54, 1.807) is 12.6 Å². The van der Waals surface area contributed by atoms with Crippen molar-refractivity contribution >= 4 is 17.5 Å². The van der Waals surface area contributed by atoms with E-state index in [-0.39, 0.29) is 12.5 Å². The summed E-state index contributed by atoms with van der Waals surface area (Å²) < 4.78 is 29.0. The Morgan fingerprint density at radius 1 is 1.20 bits per heavy atom. The predicted octanol–water partition coefficient (Wildman–Crippen LogP) is 4.15. The quantitative estimate of drug-likeness (QED) is 0.592. The van der Waals surface area contributed by atoms with Gasteiger partial charge in [-0.2, -0.15) is 0 Å². The highest BCUT2D eigenvalue weighted by Gasteiger charge is 2.12. The van der Waals surface area contributed by atoms with Crippen molar-refractivity contribution in [2.24, 2.45) is 0 Å². The summed E-state index contributed by atoms with van der Waals surface area (Å²) in [4.78, 5) is 11.0. The van der Waals surface area contributed by atoms with Crippen LogP contribution in [0.25, 0.3) is 0 Å². The number of halogens is 3. The van der Waals surface area contributed by atoms with Gasteiger partial charge in [-0.05, 0) is 42.7 Å². The van der Waals surface area contributed by atoms with Gasteiger partial charge in [0.15, 0.2) is 0 Å². The van der Waals surface area contributed by atoms with Gasteiger partial charge in [0.05, 0.1) is 12.5 Å². The van der Waals surface area contributed by atoms with Crippen LogP contribution in [0.15, 0.2) is 48.5 Å². The number of ether oxygens (including phenoxy) is 1. The topological polar surface area (TPSA) is 58.6 Å². The average Bonchev–Trinajstić information content (AvgIpc) is 2.60. The second-order valence-corrected chi connectivity index (χ2v) is 5.64. The first-order chi connectivity index (χ1) is 11.9. The fourth-order valence-electron chi connectivity index (χ4n) is 1.99. The molecule has 1 amide bonds. The van der Waals surface area contributed by atoms with Crippen molar-refractivity contribution in [3.8, 4) is 0 Å². The van der Waals surface area contributed by atoms with Crippen molar-refractivity contribution < 1.29 is 23.5 Å². The minimum atomic E-state index is -0.537. The van der Waals surface area contributed by atoms with Gasteiger partial charge in [0.2, 0.25) is 5.91 Å². The summed E-state index contributed by atoms with van der Waals surface area (Å²) in [6.45, 7) is 0. The number of amides is 1. The monoisotopic (exact) mass is 371 g/mol. The first-order valence-corrected chi connectivity index (χ1v) is 7.93. The summed E-state index contributed by atoms with van der Waals surface area (Å²) >= 11 is 5.78. The molecule has 0 aliphatic rings. The predicted molar refractivity (Wildman–Crippen MR) is 91.5 cm³/mol. The third kappa shape index (κ3) is 9.14. The van der Waals surface area contributed by atoms with Crippen molar-refractivity contribution in [3.05, 3.63) is 70.8 Å². The molecule has 0 saturated carbocycles. The molecule has 0 radical (unpaired) electrons. The largest absolute Gasteiger partial charge is 0.381 e. The standard InChI is InChI=1S/C12H16ClNO3.C6H4F2/c1-17-11(8-12(15)14-16)7-4-9-2-5-10(13)6-3-9;7-5-2-1-3-6(8)4-5/h2-3,5-6,11,16H,4,7-8H2,1H3,(H,14,15);1-4H. The molecular weight excluding hydrogens is 352 g/mol. The molecule has 4 nitrogen and oxygen atoms in total. The molecule has 0 aliphatic heterocycles. The lowest BCUT2D eigenvalue weighted by molar-refractivity contribution is -0.131. The Balaban J connectivity index is 0.000000324. The molecule has 0 fully saturated rings. The Morgan fingerprint density at radius 3 is 2.24 bits per heavy atom. The smallest absolute Gasteiger partial charge is 0.245 e. The van der Waals surface area contributed by atoms with Gasteiger partial charge in [0, 0.05) is 18.2 Å². The lowest BCUT2D eigenvalue weighted by Crippen LogP contribution is -2.25. The number of rotatable bonds is 6. The van der Waals surface area contributed by atoms with E-state index in [0.717, 1.165) is 18.1 Å². The van der Waals surface area contributed by atoms with E-state index in [9.17, 15) is 13.6 Å². The number of carbonyl (C=O) groups excluding carboxylic acids is 1.